The van der Waals surface area contributed by atoms with Crippen LogP contribution in [0.3, 0.4) is 0 Å². The number of rotatable bonds is 15. The second-order valence-electron chi connectivity index (χ2n) is 16.6. The van der Waals surface area contributed by atoms with E-state index in [0.717, 1.165) is 66.6 Å². The van der Waals surface area contributed by atoms with Gasteiger partial charge in [-0.25, -0.2) is 14.8 Å². The lowest BCUT2D eigenvalue weighted by Gasteiger charge is -2.26. The van der Waals surface area contributed by atoms with Crippen molar-refractivity contribution >= 4 is 58.1 Å². The van der Waals surface area contributed by atoms with Crippen molar-refractivity contribution in [3.8, 4) is 22.3 Å². The predicted molar refractivity (Wildman–Crippen MR) is 260 cm³/mol. The maximum atomic E-state index is 13.2. The number of aromatic nitrogens is 2. The number of anilines is 6. The first-order valence-corrected chi connectivity index (χ1v) is 22.7. The standard InChI is InChI=1S/C29H33N5O4.C23H21N3O4/c35-28(31-9-10-34-11-14-37-15-12-34)24-16-23(17-26(18-24)32-25-4-2-1-3-5-25)21-6-8-30-27(19-21)33-29(36)22-7-13-38-20-22;27-22(16-7-9-30-14-16)26-21-13-15(6-8-24-21)17-10-18(23(28)29)12-20(11-17)25-19-4-2-1-3-5-19/h1-6,8,16-19,22,32H,7,9-15,20H2,(H,31,35)(H,30,33,36);1-6,8,10-13,16,25H,7,9,14H2,(H,28,29)(H,24,26,27). The van der Waals surface area contributed by atoms with E-state index >= 15 is 0 Å². The van der Waals surface area contributed by atoms with Gasteiger partial charge in [-0.3, -0.25) is 19.3 Å². The number of nitrogens with zero attached hydrogens (tertiary/aromatic N) is 3. The van der Waals surface area contributed by atoms with Crippen LogP contribution in [-0.2, 0) is 23.8 Å². The third-order valence-electron chi connectivity index (χ3n) is 11.6. The van der Waals surface area contributed by atoms with Crippen LogP contribution in [0.2, 0.25) is 0 Å². The average molecular weight is 919 g/mol. The summed E-state index contributed by atoms with van der Waals surface area (Å²) < 4.78 is 16.0. The molecule has 16 nitrogen and oxygen atoms in total. The lowest BCUT2D eigenvalue weighted by Crippen LogP contribution is -2.41. The number of aromatic carboxylic acids is 1. The molecular weight excluding hydrogens is 865 g/mol. The first kappa shape index (κ1) is 47.0. The van der Waals surface area contributed by atoms with Gasteiger partial charge in [-0.05, 0) is 120 Å². The molecule has 16 heteroatoms. The summed E-state index contributed by atoms with van der Waals surface area (Å²) in [6, 6.07) is 37.3. The van der Waals surface area contributed by atoms with Crippen LogP contribution in [0.5, 0.6) is 0 Å². The van der Waals surface area contributed by atoms with E-state index in [0.29, 0.717) is 74.3 Å². The van der Waals surface area contributed by atoms with Gasteiger partial charge in [-0.1, -0.05) is 36.4 Å². The van der Waals surface area contributed by atoms with Crippen molar-refractivity contribution < 1.29 is 38.5 Å². The summed E-state index contributed by atoms with van der Waals surface area (Å²) in [7, 11) is 0. The van der Waals surface area contributed by atoms with Gasteiger partial charge in [0.25, 0.3) is 5.91 Å². The fourth-order valence-electron chi connectivity index (χ4n) is 7.91. The third kappa shape index (κ3) is 13.3. The van der Waals surface area contributed by atoms with E-state index in [1.165, 1.54) is 0 Å². The average Bonchev–Trinajstić information content (AvgIpc) is 4.12. The van der Waals surface area contributed by atoms with E-state index in [9.17, 15) is 24.3 Å². The number of para-hydroxylation sites is 2. The summed E-state index contributed by atoms with van der Waals surface area (Å²) in [6.45, 7) is 6.60. The van der Waals surface area contributed by atoms with Crippen LogP contribution in [0.25, 0.3) is 22.3 Å². The van der Waals surface area contributed by atoms with Crippen LogP contribution in [0, 0.1) is 11.8 Å². The summed E-state index contributed by atoms with van der Waals surface area (Å²) in [5.41, 5.74) is 7.07. The second kappa shape index (κ2) is 23.3. The Labute approximate surface area is 394 Å². The molecule has 0 radical (unpaired) electrons. The van der Waals surface area contributed by atoms with E-state index in [2.05, 4.69) is 41.5 Å². The van der Waals surface area contributed by atoms with E-state index in [1.807, 2.05) is 97.1 Å². The molecule has 6 aromatic rings. The van der Waals surface area contributed by atoms with Crippen molar-refractivity contribution in [3.63, 3.8) is 0 Å². The van der Waals surface area contributed by atoms with Crippen LogP contribution in [-0.4, -0.2) is 109 Å². The van der Waals surface area contributed by atoms with E-state index in [-0.39, 0.29) is 35.1 Å². The largest absolute Gasteiger partial charge is 0.478 e. The van der Waals surface area contributed by atoms with E-state index in [1.54, 1.807) is 36.7 Å². The molecule has 0 spiro atoms. The normalized spacial score (nSPS) is 16.7. The van der Waals surface area contributed by atoms with Crippen molar-refractivity contribution in [2.75, 3.05) is 87.1 Å². The highest BCUT2D eigenvalue weighted by Crippen LogP contribution is 2.30. The Morgan fingerprint density at radius 2 is 1.06 bits per heavy atom. The number of benzene rings is 4. The molecule has 9 rings (SSSR count). The number of hydrogen-bond donors (Lipinski definition) is 6. The van der Waals surface area contributed by atoms with Gasteiger partial charge in [-0.15, -0.1) is 0 Å². The maximum absolute atomic E-state index is 13.2. The monoisotopic (exact) mass is 918 g/mol. The number of carboxylic acid groups (broad SMARTS) is 1. The van der Waals surface area contributed by atoms with Crippen LogP contribution < -0.4 is 26.6 Å². The molecule has 350 valence electrons. The summed E-state index contributed by atoms with van der Waals surface area (Å²) in [5, 5.41) is 24.9. The highest BCUT2D eigenvalue weighted by atomic mass is 16.5. The SMILES string of the molecule is O=C(NCCN1CCOCC1)c1cc(Nc2ccccc2)cc(-c2ccnc(NC(=O)C3CCOC3)c2)c1.O=C(O)c1cc(Nc2ccccc2)cc(-c2ccnc(NC(=O)C3CCOC3)c2)c1. The number of nitrogens with one attached hydrogen (secondary N) is 5. The van der Waals surface area contributed by atoms with Gasteiger partial charge in [0, 0.05) is 80.1 Å². The molecule has 3 aliphatic heterocycles. The fraction of sp³-hybridized carbons (Fsp3) is 0.269. The minimum absolute atomic E-state index is 0.0908. The minimum Gasteiger partial charge on any atom is -0.478 e. The Morgan fingerprint density at radius 3 is 1.54 bits per heavy atom. The fourth-order valence-corrected chi connectivity index (χ4v) is 7.91. The van der Waals surface area contributed by atoms with Gasteiger partial charge in [0.1, 0.15) is 11.6 Å². The number of carboxylic acids is 1. The van der Waals surface area contributed by atoms with Crippen molar-refractivity contribution in [1.82, 2.24) is 20.2 Å². The highest BCUT2D eigenvalue weighted by molar-refractivity contribution is 5.98. The zero-order valence-electron chi connectivity index (χ0n) is 37.5. The number of ether oxygens (including phenoxy) is 3. The van der Waals surface area contributed by atoms with E-state index in [4.69, 9.17) is 14.2 Å². The number of pyridine rings is 2. The Balaban J connectivity index is 0.000000189. The molecule has 0 bridgehead atoms. The zero-order chi connectivity index (χ0) is 47.1. The van der Waals surface area contributed by atoms with Gasteiger partial charge in [0.05, 0.1) is 43.8 Å². The minimum atomic E-state index is -1.02. The molecule has 5 heterocycles. The lowest BCUT2D eigenvalue weighted by atomic mass is 10.0. The van der Waals surface area contributed by atoms with Crippen LogP contribution in [0.15, 0.2) is 134 Å². The van der Waals surface area contributed by atoms with Gasteiger partial charge in [0.15, 0.2) is 0 Å². The molecule has 2 atom stereocenters. The topological polar surface area (TPSA) is 205 Å². The highest BCUT2D eigenvalue weighted by Gasteiger charge is 2.25. The molecule has 3 aliphatic rings. The number of morpholine rings is 1. The first-order valence-electron chi connectivity index (χ1n) is 22.7. The van der Waals surface area contributed by atoms with Crippen molar-refractivity contribution in [3.05, 3.63) is 145 Å². The Kier molecular flexibility index (Phi) is 16.1. The number of amides is 3. The van der Waals surface area contributed by atoms with Gasteiger partial charge >= 0.3 is 5.97 Å². The van der Waals surface area contributed by atoms with Crippen LogP contribution in [0.4, 0.5) is 34.4 Å². The molecule has 3 saturated heterocycles. The zero-order valence-corrected chi connectivity index (χ0v) is 37.5. The summed E-state index contributed by atoms with van der Waals surface area (Å²) in [5.74, 6) is -0.814. The van der Waals surface area contributed by atoms with Crippen LogP contribution >= 0.6 is 0 Å². The van der Waals surface area contributed by atoms with Crippen molar-refractivity contribution in [2.45, 2.75) is 12.8 Å². The number of carbonyl (C=O) groups excluding carboxylic acids is 3. The summed E-state index contributed by atoms with van der Waals surface area (Å²) >= 11 is 0. The van der Waals surface area contributed by atoms with Crippen LogP contribution in [0.1, 0.15) is 33.6 Å². The molecule has 68 heavy (non-hydrogen) atoms. The molecule has 0 saturated carbocycles. The van der Waals surface area contributed by atoms with E-state index < -0.39 is 5.97 Å². The molecule has 6 N–H and O–H groups in total. The van der Waals surface area contributed by atoms with Gasteiger partial charge in [0.2, 0.25) is 11.8 Å². The predicted octanol–water partition coefficient (Wildman–Crippen LogP) is 7.69. The molecule has 3 fully saturated rings. The Morgan fingerprint density at radius 1 is 0.559 bits per heavy atom. The molecule has 2 aromatic heterocycles. The molecule has 4 aromatic carbocycles. The molecule has 0 aliphatic carbocycles. The second-order valence-corrected chi connectivity index (χ2v) is 16.6. The lowest BCUT2D eigenvalue weighted by molar-refractivity contribution is -0.120. The summed E-state index contributed by atoms with van der Waals surface area (Å²) in [4.78, 5) is 60.6. The third-order valence-corrected chi connectivity index (χ3v) is 11.6. The quantitative estimate of drug-likeness (QED) is 0.0585. The Hall–Kier alpha value is -7.50. The number of carbonyl (C=O) groups is 4. The molecule has 3 amide bonds. The Bertz CT molecular complexity index is 2670. The molecular formula is C52H54N8O8. The maximum Gasteiger partial charge on any atom is 0.335 e. The number of hydrogen-bond acceptors (Lipinski definition) is 12. The van der Waals surface area contributed by atoms with Crippen molar-refractivity contribution in [2.24, 2.45) is 11.8 Å². The van der Waals surface area contributed by atoms with Gasteiger partial charge in [-0.2, -0.15) is 0 Å². The van der Waals surface area contributed by atoms with Crippen molar-refractivity contribution in [1.29, 1.82) is 0 Å². The molecule has 2 unspecified atom stereocenters. The summed E-state index contributed by atoms with van der Waals surface area (Å²) in [6.07, 6.45) is 4.66. The first-order chi connectivity index (χ1) is 33.2. The van der Waals surface area contributed by atoms with Gasteiger partial charge < -0.3 is 45.9 Å². The smallest absolute Gasteiger partial charge is 0.335 e.